The van der Waals surface area contributed by atoms with Crippen molar-refractivity contribution >= 4 is 5.97 Å². The standard InChI is InChI=1S/C7H14.C2H4O3/c1-4-7(5-2)6-3;3-1-2(4)5/h4H,5-6H2,1-3H3;3H,1H2,(H,4,5). The van der Waals surface area contributed by atoms with E-state index in [1.54, 1.807) is 5.57 Å². The van der Waals surface area contributed by atoms with Crippen LogP contribution in [0.2, 0.25) is 0 Å². The fourth-order valence-electron chi connectivity index (χ4n) is 0.658. The molecule has 3 heteroatoms. The Bertz CT molecular complexity index is 133. The van der Waals surface area contributed by atoms with Crippen LogP contribution >= 0.6 is 0 Å². The lowest BCUT2D eigenvalue weighted by Gasteiger charge is -1.93. The molecule has 0 fully saturated rings. The summed E-state index contributed by atoms with van der Waals surface area (Å²) in [5, 5.41) is 15.0. The molecule has 0 rings (SSSR count). The maximum absolute atomic E-state index is 9.12. The summed E-state index contributed by atoms with van der Waals surface area (Å²) in [6, 6.07) is 0. The Morgan fingerprint density at radius 1 is 1.33 bits per heavy atom. The molecule has 0 saturated heterocycles. The molecule has 0 amide bonds. The van der Waals surface area contributed by atoms with E-state index in [2.05, 4.69) is 26.8 Å². The Hall–Kier alpha value is -0.830. The predicted octanol–water partition coefficient (Wildman–Crippen LogP) is 1.82. The van der Waals surface area contributed by atoms with Gasteiger partial charge in [0.2, 0.25) is 0 Å². The van der Waals surface area contributed by atoms with E-state index in [0.29, 0.717) is 0 Å². The molecule has 0 aromatic rings. The van der Waals surface area contributed by atoms with Crippen molar-refractivity contribution in [2.45, 2.75) is 33.6 Å². The van der Waals surface area contributed by atoms with Crippen LogP contribution in [0.3, 0.4) is 0 Å². The SMILES string of the molecule is CC=C(CC)CC.O=C(O)CO. The number of aliphatic carboxylic acids is 1. The Morgan fingerprint density at radius 3 is 1.67 bits per heavy atom. The Balaban J connectivity index is 0. The summed E-state index contributed by atoms with van der Waals surface area (Å²) < 4.78 is 0. The van der Waals surface area contributed by atoms with E-state index in [1.165, 1.54) is 12.8 Å². The molecule has 12 heavy (non-hydrogen) atoms. The highest BCUT2D eigenvalue weighted by Gasteiger charge is 1.82. The molecular formula is C9H18O3. The van der Waals surface area contributed by atoms with Crippen molar-refractivity contribution in [3.8, 4) is 0 Å². The molecule has 0 aliphatic carbocycles. The highest BCUT2D eigenvalue weighted by Crippen LogP contribution is 2.02. The van der Waals surface area contributed by atoms with Gasteiger partial charge >= 0.3 is 5.97 Å². The lowest BCUT2D eigenvalue weighted by atomic mass is 10.1. The summed E-state index contributed by atoms with van der Waals surface area (Å²) in [5.74, 6) is -1.19. The third kappa shape index (κ3) is 11.9. The molecule has 0 atom stereocenters. The molecule has 0 spiro atoms. The van der Waals surface area contributed by atoms with E-state index in [1.807, 2.05) is 0 Å². The maximum atomic E-state index is 9.12. The minimum atomic E-state index is -1.19. The van der Waals surface area contributed by atoms with Crippen LogP contribution in [-0.4, -0.2) is 22.8 Å². The van der Waals surface area contributed by atoms with Gasteiger partial charge in [-0.05, 0) is 19.8 Å². The van der Waals surface area contributed by atoms with Crippen LogP contribution in [0.15, 0.2) is 11.6 Å². The van der Waals surface area contributed by atoms with Gasteiger partial charge in [0.15, 0.2) is 0 Å². The fraction of sp³-hybridized carbons (Fsp3) is 0.667. The minimum Gasteiger partial charge on any atom is -0.480 e. The molecule has 3 nitrogen and oxygen atoms in total. The average molecular weight is 174 g/mol. The van der Waals surface area contributed by atoms with Crippen molar-refractivity contribution < 1.29 is 15.0 Å². The average Bonchev–Trinajstić information content (AvgIpc) is 2.09. The van der Waals surface area contributed by atoms with Gasteiger partial charge in [0.1, 0.15) is 6.61 Å². The van der Waals surface area contributed by atoms with Crippen molar-refractivity contribution in [1.82, 2.24) is 0 Å². The Kier molecular flexibility index (Phi) is 11.6. The fourth-order valence-corrected chi connectivity index (χ4v) is 0.658. The first-order chi connectivity index (χ1) is 5.62. The van der Waals surface area contributed by atoms with Gasteiger partial charge < -0.3 is 10.2 Å². The number of rotatable bonds is 3. The van der Waals surface area contributed by atoms with Crippen LogP contribution in [0.4, 0.5) is 0 Å². The molecule has 72 valence electrons. The van der Waals surface area contributed by atoms with E-state index in [4.69, 9.17) is 15.0 Å². The molecule has 0 aromatic heterocycles. The van der Waals surface area contributed by atoms with Crippen molar-refractivity contribution in [3.63, 3.8) is 0 Å². The number of carboxylic acid groups (broad SMARTS) is 1. The highest BCUT2D eigenvalue weighted by molar-refractivity contribution is 5.67. The lowest BCUT2D eigenvalue weighted by Crippen LogP contribution is -1.98. The number of carbonyl (C=O) groups is 1. The van der Waals surface area contributed by atoms with Crippen LogP contribution in [-0.2, 0) is 4.79 Å². The van der Waals surface area contributed by atoms with Crippen molar-refractivity contribution in [3.05, 3.63) is 11.6 Å². The molecule has 0 radical (unpaired) electrons. The Morgan fingerprint density at radius 2 is 1.67 bits per heavy atom. The van der Waals surface area contributed by atoms with E-state index in [-0.39, 0.29) is 0 Å². The molecule has 0 aliphatic heterocycles. The van der Waals surface area contributed by atoms with Gasteiger partial charge in [-0.1, -0.05) is 25.5 Å². The van der Waals surface area contributed by atoms with Gasteiger partial charge in [0.05, 0.1) is 0 Å². The second-order valence-corrected chi connectivity index (χ2v) is 2.21. The third-order valence-corrected chi connectivity index (χ3v) is 1.45. The molecule has 0 saturated carbocycles. The number of aliphatic hydroxyl groups excluding tert-OH is 1. The zero-order chi connectivity index (χ0) is 9.98. The molecule has 0 unspecified atom stereocenters. The van der Waals surface area contributed by atoms with Gasteiger partial charge in [-0.15, -0.1) is 0 Å². The summed E-state index contributed by atoms with van der Waals surface area (Å²) >= 11 is 0. The molecule has 0 heterocycles. The van der Waals surface area contributed by atoms with E-state index < -0.39 is 12.6 Å². The zero-order valence-electron chi connectivity index (χ0n) is 8.00. The smallest absolute Gasteiger partial charge is 0.329 e. The monoisotopic (exact) mass is 174 g/mol. The highest BCUT2D eigenvalue weighted by atomic mass is 16.4. The largest absolute Gasteiger partial charge is 0.480 e. The van der Waals surface area contributed by atoms with Crippen LogP contribution in [0.25, 0.3) is 0 Å². The number of hydrogen-bond donors (Lipinski definition) is 2. The number of hydrogen-bond acceptors (Lipinski definition) is 2. The van der Waals surface area contributed by atoms with Crippen LogP contribution in [0, 0.1) is 0 Å². The number of allylic oxidation sites excluding steroid dienone is 2. The molecule has 0 aliphatic rings. The quantitative estimate of drug-likeness (QED) is 0.641. The van der Waals surface area contributed by atoms with Crippen LogP contribution in [0.1, 0.15) is 33.6 Å². The zero-order valence-corrected chi connectivity index (χ0v) is 8.00. The van der Waals surface area contributed by atoms with Crippen LogP contribution in [0.5, 0.6) is 0 Å². The minimum absolute atomic E-state index is 0.778. The first kappa shape index (κ1) is 13.7. The summed E-state index contributed by atoms with van der Waals surface area (Å²) in [6.07, 6.45) is 4.62. The van der Waals surface area contributed by atoms with Gasteiger partial charge in [-0.2, -0.15) is 0 Å². The van der Waals surface area contributed by atoms with Gasteiger partial charge in [0, 0.05) is 0 Å². The van der Waals surface area contributed by atoms with Gasteiger partial charge in [-0.3, -0.25) is 0 Å². The normalized spacial score (nSPS) is 8.00. The van der Waals surface area contributed by atoms with Gasteiger partial charge in [0.25, 0.3) is 0 Å². The predicted molar refractivity (Wildman–Crippen MR) is 49.1 cm³/mol. The summed E-state index contributed by atoms with van der Waals surface area (Å²) in [4.78, 5) is 9.12. The second kappa shape index (κ2) is 10.2. The summed E-state index contributed by atoms with van der Waals surface area (Å²) in [6.45, 7) is 5.71. The number of aliphatic hydroxyl groups is 1. The summed E-state index contributed by atoms with van der Waals surface area (Å²) in [5.41, 5.74) is 1.56. The maximum Gasteiger partial charge on any atom is 0.329 e. The van der Waals surface area contributed by atoms with Crippen molar-refractivity contribution in [2.24, 2.45) is 0 Å². The molecule has 2 N–H and O–H groups in total. The summed E-state index contributed by atoms with van der Waals surface area (Å²) in [7, 11) is 0. The van der Waals surface area contributed by atoms with E-state index >= 15 is 0 Å². The van der Waals surface area contributed by atoms with E-state index in [9.17, 15) is 0 Å². The second-order valence-electron chi connectivity index (χ2n) is 2.21. The first-order valence-electron chi connectivity index (χ1n) is 4.08. The Labute approximate surface area is 73.7 Å². The molecular weight excluding hydrogens is 156 g/mol. The third-order valence-electron chi connectivity index (χ3n) is 1.45. The first-order valence-corrected chi connectivity index (χ1v) is 4.08. The topological polar surface area (TPSA) is 57.5 Å². The number of carboxylic acids is 1. The lowest BCUT2D eigenvalue weighted by molar-refractivity contribution is -0.140. The van der Waals surface area contributed by atoms with Crippen LogP contribution < -0.4 is 0 Å². The van der Waals surface area contributed by atoms with E-state index in [0.717, 1.165) is 0 Å². The van der Waals surface area contributed by atoms with Crippen molar-refractivity contribution in [2.75, 3.05) is 6.61 Å². The molecule has 0 aromatic carbocycles. The molecule has 0 bridgehead atoms. The van der Waals surface area contributed by atoms with Gasteiger partial charge in [-0.25, -0.2) is 4.79 Å². The van der Waals surface area contributed by atoms with Crippen molar-refractivity contribution in [1.29, 1.82) is 0 Å².